The van der Waals surface area contributed by atoms with Crippen LogP contribution in [-0.2, 0) is 11.2 Å². The SMILES string of the molecule is CN1CCC2=CN(C)C3C(=O)C(NCCc4ccc(O)cc4)=CC1=C23. The smallest absolute Gasteiger partial charge is 0.205 e. The summed E-state index contributed by atoms with van der Waals surface area (Å²) in [5.74, 6) is 0.419. The molecule has 0 saturated carbocycles. The molecule has 2 N–H and O–H groups in total. The number of Topliss-reactive ketones (excluding diaryl/α,β-unsaturated/α-hetero) is 1. The molecule has 5 heteroatoms. The molecular weight excluding hydrogens is 314 g/mol. The fraction of sp³-hybridized carbons (Fsp3) is 0.350. The van der Waals surface area contributed by atoms with Crippen LogP contribution in [0.25, 0.3) is 0 Å². The van der Waals surface area contributed by atoms with Gasteiger partial charge in [-0.2, -0.15) is 0 Å². The second kappa shape index (κ2) is 5.99. The van der Waals surface area contributed by atoms with Crippen molar-refractivity contribution < 1.29 is 9.90 Å². The molecule has 0 saturated heterocycles. The van der Waals surface area contributed by atoms with Crippen molar-refractivity contribution in [3.05, 3.63) is 64.6 Å². The summed E-state index contributed by atoms with van der Waals surface area (Å²) in [6.07, 6.45) is 5.94. The minimum Gasteiger partial charge on any atom is -0.508 e. The molecule has 1 aromatic rings. The number of allylic oxidation sites excluding steroid dienone is 1. The molecule has 1 aromatic carbocycles. The lowest BCUT2D eigenvalue weighted by Crippen LogP contribution is -2.43. The maximum Gasteiger partial charge on any atom is 0.205 e. The fourth-order valence-electron chi connectivity index (χ4n) is 3.89. The standard InChI is InChI=1S/C20H23N3O2/c1-22-10-8-14-12-23(2)19-18(14)17(22)11-16(20(19)25)21-9-7-13-3-5-15(24)6-4-13/h3-6,11-12,19,21,24H,7-10H2,1-2H3. The summed E-state index contributed by atoms with van der Waals surface area (Å²) >= 11 is 0. The van der Waals surface area contributed by atoms with Crippen LogP contribution < -0.4 is 5.32 Å². The Bertz CT molecular complexity index is 805. The number of hydrogen-bond acceptors (Lipinski definition) is 5. The lowest BCUT2D eigenvalue weighted by Gasteiger charge is -2.35. The first kappa shape index (κ1) is 15.8. The van der Waals surface area contributed by atoms with Crippen LogP contribution in [0.1, 0.15) is 12.0 Å². The van der Waals surface area contributed by atoms with E-state index in [0.29, 0.717) is 12.2 Å². The Morgan fingerprint density at radius 1 is 1.24 bits per heavy atom. The number of nitrogens with one attached hydrogen (secondary N) is 1. The van der Waals surface area contributed by atoms with Crippen LogP contribution in [0.3, 0.4) is 0 Å². The van der Waals surface area contributed by atoms with Crippen molar-refractivity contribution in [2.45, 2.75) is 18.9 Å². The number of phenolic OH excluding ortho intramolecular Hbond substituents is 1. The lowest BCUT2D eigenvalue weighted by molar-refractivity contribution is -0.118. The number of carbonyl (C=O) groups is 1. The third kappa shape index (κ3) is 2.69. The Kier molecular flexibility index (Phi) is 3.79. The molecule has 3 aliphatic rings. The molecule has 5 nitrogen and oxygen atoms in total. The first-order chi connectivity index (χ1) is 12.0. The highest BCUT2D eigenvalue weighted by molar-refractivity contribution is 6.04. The van der Waals surface area contributed by atoms with Crippen molar-refractivity contribution >= 4 is 5.78 Å². The number of likely N-dealkylation sites (N-methyl/N-ethyl adjacent to an activating group) is 2. The van der Waals surface area contributed by atoms with Crippen molar-refractivity contribution in [3.63, 3.8) is 0 Å². The van der Waals surface area contributed by atoms with Gasteiger partial charge in [-0.3, -0.25) is 4.79 Å². The van der Waals surface area contributed by atoms with E-state index in [1.54, 1.807) is 12.1 Å². The van der Waals surface area contributed by atoms with Crippen LogP contribution in [0.4, 0.5) is 0 Å². The van der Waals surface area contributed by atoms with Crippen LogP contribution in [0.2, 0.25) is 0 Å². The molecule has 1 unspecified atom stereocenters. The zero-order valence-electron chi connectivity index (χ0n) is 14.6. The second-order valence-corrected chi connectivity index (χ2v) is 6.96. The van der Waals surface area contributed by atoms with Gasteiger partial charge in [0, 0.05) is 44.7 Å². The quantitative estimate of drug-likeness (QED) is 0.877. The molecule has 130 valence electrons. The number of benzene rings is 1. The van der Waals surface area contributed by atoms with Gasteiger partial charge in [-0.25, -0.2) is 0 Å². The van der Waals surface area contributed by atoms with Crippen LogP contribution >= 0.6 is 0 Å². The molecule has 0 aromatic heterocycles. The number of phenols is 1. The van der Waals surface area contributed by atoms with E-state index < -0.39 is 0 Å². The minimum atomic E-state index is -0.186. The Balaban J connectivity index is 1.52. The number of aromatic hydroxyl groups is 1. The molecule has 0 bridgehead atoms. The van der Waals surface area contributed by atoms with E-state index in [9.17, 15) is 9.90 Å². The highest BCUT2D eigenvalue weighted by atomic mass is 16.3. The molecule has 1 aliphatic carbocycles. The van der Waals surface area contributed by atoms with Gasteiger partial charge in [0.15, 0.2) is 0 Å². The molecular formula is C20H23N3O2. The lowest BCUT2D eigenvalue weighted by atomic mass is 9.86. The third-order valence-corrected chi connectivity index (χ3v) is 5.25. The van der Waals surface area contributed by atoms with Crippen molar-refractivity contribution in [1.29, 1.82) is 0 Å². The van der Waals surface area contributed by atoms with Crippen molar-refractivity contribution in [2.75, 3.05) is 27.2 Å². The number of hydrogen-bond donors (Lipinski definition) is 2. The second-order valence-electron chi connectivity index (χ2n) is 6.96. The molecule has 25 heavy (non-hydrogen) atoms. The summed E-state index contributed by atoms with van der Waals surface area (Å²) in [4.78, 5) is 17.2. The van der Waals surface area contributed by atoms with E-state index >= 15 is 0 Å². The maximum atomic E-state index is 13.0. The molecule has 0 radical (unpaired) electrons. The number of nitrogens with zero attached hydrogens (tertiary/aromatic N) is 2. The zero-order valence-corrected chi connectivity index (χ0v) is 14.6. The molecule has 2 aliphatic heterocycles. The average Bonchev–Trinajstić information content (AvgIpc) is 2.93. The van der Waals surface area contributed by atoms with Gasteiger partial charge in [0.25, 0.3) is 0 Å². The Labute approximate surface area is 147 Å². The summed E-state index contributed by atoms with van der Waals surface area (Å²) in [5.41, 5.74) is 5.47. The van der Waals surface area contributed by atoms with Gasteiger partial charge in [-0.05, 0) is 42.2 Å². The van der Waals surface area contributed by atoms with Gasteiger partial charge in [0.05, 0.1) is 5.70 Å². The number of carbonyl (C=O) groups excluding carboxylic acids is 1. The number of rotatable bonds is 4. The van der Waals surface area contributed by atoms with Gasteiger partial charge in [0.2, 0.25) is 5.78 Å². The van der Waals surface area contributed by atoms with Crippen LogP contribution in [0.15, 0.2) is 59.1 Å². The van der Waals surface area contributed by atoms with E-state index in [2.05, 4.69) is 23.5 Å². The summed E-state index contributed by atoms with van der Waals surface area (Å²) in [6.45, 7) is 1.67. The topological polar surface area (TPSA) is 55.8 Å². The van der Waals surface area contributed by atoms with Crippen molar-refractivity contribution in [2.24, 2.45) is 0 Å². The third-order valence-electron chi connectivity index (χ3n) is 5.25. The molecule has 2 heterocycles. The Morgan fingerprint density at radius 3 is 2.76 bits per heavy atom. The highest BCUT2D eigenvalue weighted by Crippen LogP contribution is 2.40. The number of ketones is 1. The van der Waals surface area contributed by atoms with E-state index in [1.165, 1.54) is 16.8 Å². The summed E-state index contributed by atoms with van der Waals surface area (Å²) in [7, 11) is 4.08. The van der Waals surface area contributed by atoms with Crippen LogP contribution in [-0.4, -0.2) is 53.9 Å². The largest absolute Gasteiger partial charge is 0.508 e. The predicted octanol–water partition coefficient (Wildman–Crippen LogP) is 1.78. The van der Waals surface area contributed by atoms with E-state index in [4.69, 9.17) is 0 Å². The Hall–Kier alpha value is -2.69. The molecule has 1 atom stereocenters. The van der Waals surface area contributed by atoms with E-state index in [0.717, 1.165) is 24.9 Å². The first-order valence-electron chi connectivity index (χ1n) is 8.70. The monoisotopic (exact) mass is 337 g/mol. The predicted molar refractivity (Wildman–Crippen MR) is 96.8 cm³/mol. The summed E-state index contributed by atoms with van der Waals surface area (Å²) in [5, 5.41) is 12.7. The fourth-order valence-corrected chi connectivity index (χ4v) is 3.89. The maximum absolute atomic E-state index is 13.0. The van der Waals surface area contributed by atoms with E-state index in [1.807, 2.05) is 30.2 Å². The van der Waals surface area contributed by atoms with E-state index in [-0.39, 0.29) is 17.6 Å². The minimum absolute atomic E-state index is 0.147. The summed E-state index contributed by atoms with van der Waals surface area (Å²) < 4.78 is 0. The van der Waals surface area contributed by atoms with Gasteiger partial charge < -0.3 is 20.2 Å². The first-order valence-corrected chi connectivity index (χ1v) is 8.70. The molecule has 0 fully saturated rings. The Morgan fingerprint density at radius 2 is 2.00 bits per heavy atom. The van der Waals surface area contributed by atoms with Crippen molar-refractivity contribution in [1.82, 2.24) is 15.1 Å². The van der Waals surface area contributed by atoms with Crippen LogP contribution in [0, 0.1) is 0 Å². The highest BCUT2D eigenvalue weighted by Gasteiger charge is 2.41. The normalized spacial score (nSPS) is 22.0. The molecule has 0 amide bonds. The van der Waals surface area contributed by atoms with Gasteiger partial charge in [-0.15, -0.1) is 0 Å². The zero-order chi connectivity index (χ0) is 17.6. The van der Waals surface area contributed by atoms with Gasteiger partial charge >= 0.3 is 0 Å². The van der Waals surface area contributed by atoms with Crippen molar-refractivity contribution in [3.8, 4) is 5.75 Å². The molecule has 4 rings (SSSR count). The van der Waals surface area contributed by atoms with Gasteiger partial charge in [0.1, 0.15) is 11.8 Å². The summed E-state index contributed by atoms with van der Waals surface area (Å²) in [6, 6.07) is 7.01. The van der Waals surface area contributed by atoms with Gasteiger partial charge in [-0.1, -0.05) is 12.1 Å². The molecule has 0 spiro atoms. The van der Waals surface area contributed by atoms with Crippen LogP contribution in [0.5, 0.6) is 5.75 Å². The average molecular weight is 337 g/mol.